The van der Waals surface area contributed by atoms with E-state index in [-0.39, 0.29) is 12.2 Å². The monoisotopic (exact) mass is 357 g/mol. The van der Waals surface area contributed by atoms with E-state index < -0.39 is 27.7 Å². The molecule has 1 aliphatic carbocycles. The summed E-state index contributed by atoms with van der Waals surface area (Å²) >= 11 is 11.8. The number of nitrogens with one attached hydrogen (secondary N) is 2. The molecule has 2 aromatic heterocycles. The third-order valence-electron chi connectivity index (χ3n) is 3.83. The number of aromatic nitrogens is 4. The number of ether oxygens (including phenoxy) is 1. The van der Waals surface area contributed by atoms with Gasteiger partial charge >= 0.3 is 5.97 Å². The molecular weight excluding hydrogens is 345 g/mol. The Morgan fingerprint density at radius 2 is 2.09 bits per heavy atom. The first-order valence-electron chi connectivity index (χ1n) is 6.78. The van der Waals surface area contributed by atoms with Crippen LogP contribution in [0.1, 0.15) is 20.3 Å². The summed E-state index contributed by atoms with van der Waals surface area (Å²) in [7, 11) is 0. The van der Waals surface area contributed by atoms with E-state index in [0.29, 0.717) is 11.2 Å². The Morgan fingerprint density at radius 3 is 2.74 bits per heavy atom. The fourth-order valence-corrected chi connectivity index (χ4v) is 2.73. The molecule has 0 bridgehead atoms. The van der Waals surface area contributed by atoms with Crippen LogP contribution in [0.3, 0.4) is 0 Å². The number of alkyl halides is 2. The first kappa shape index (κ1) is 15.9. The van der Waals surface area contributed by atoms with Crippen molar-refractivity contribution in [2.45, 2.75) is 30.7 Å². The van der Waals surface area contributed by atoms with Crippen molar-refractivity contribution in [2.75, 3.05) is 5.32 Å². The topological polar surface area (TPSA) is 110 Å². The third-order valence-corrected chi connectivity index (χ3v) is 4.93. The zero-order valence-corrected chi connectivity index (χ0v) is 13.8. The Labute approximate surface area is 140 Å². The maximum atomic E-state index is 12.2. The van der Waals surface area contributed by atoms with Gasteiger partial charge in [0.25, 0.3) is 5.91 Å². The number of esters is 1. The van der Waals surface area contributed by atoms with Crippen molar-refractivity contribution in [3.63, 3.8) is 0 Å². The Bertz CT molecular complexity index is 793. The van der Waals surface area contributed by atoms with E-state index >= 15 is 0 Å². The average molecular weight is 358 g/mol. The smallest absolute Gasteiger partial charge is 0.315 e. The molecule has 8 nitrogen and oxygen atoms in total. The molecule has 2 atom stereocenters. The number of imidazole rings is 1. The molecule has 1 aliphatic rings. The third kappa shape index (κ3) is 2.72. The first-order valence-corrected chi connectivity index (χ1v) is 7.54. The summed E-state index contributed by atoms with van der Waals surface area (Å²) in [6, 6.07) is 0. The van der Waals surface area contributed by atoms with Gasteiger partial charge < -0.3 is 15.0 Å². The number of amides is 1. The van der Waals surface area contributed by atoms with Crippen molar-refractivity contribution < 1.29 is 14.3 Å². The molecule has 0 aromatic carbocycles. The largest absolute Gasteiger partial charge is 0.452 e. The fourth-order valence-electron chi connectivity index (χ4n) is 2.04. The molecule has 0 spiro atoms. The van der Waals surface area contributed by atoms with Crippen LogP contribution in [0.5, 0.6) is 0 Å². The molecule has 1 fully saturated rings. The van der Waals surface area contributed by atoms with Gasteiger partial charge in [0.15, 0.2) is 17.6 Å². The number of fused-ring (bicyclic) bond motifs is 1. The number of hydrogen-bond acceptors (Lipinski definition) is 6. The molecule has 23 heavy (non-hydrogen) atoms. The normalized spacial score (nSPS) is 23.3. The van der Waals surface area contributed by atoms with E-state index in [1.807, 2.05) is 0 Å². The Morgan fingerprint density at radius 1 is 1.39 bits per heavy atom. The molecule has 1 amide bonds. The van der Waals surface area contributed by atoms with Crippen LogP contribution < -0.4 is 5.32 Å². The minimum atomic E-state index is -1.14. The summed E-state index contributed by atoms with van der Waals surface area (Å²) in [5.74, 6) is -0.895. The van der Waals surface area contributed by atoms with E-state index in [0.717, 1.165) is 0 Å². The molecule has 122 valence electrons. The van der Waals surface area contributed by atoms with Crippen LogP contribution in [0.2, 0.25) is 0 Å². The number of anilines is 1. The molecule has 0 radical (unpaired) electrons. The number of carbonyl (C=O) groups is 2. The van der Waals surface area contributed by atoms with Gasteiger partial charge in [0.05, 0.1) is 6.33 Å². The van der Waals surface area contributed by atoms with Crippen molar-refractivity contribution >= 4 is 52.1 Å². The van der Waals surface area contributed by atoms with Crippen molar-refractivity contribution in [1.82, 2.24) is 19.9 Å². The highest BCUT2D eigenvalue weighted by atomic mass is 35.5. The number of hydrogen-bond donors (Lipinski definition) is 2. The molecule has 0 saturated heterocycles. The molecular formula is C13H13Cl2N5O3. The second kappa shape index (κ2) is 5.31. The Kier molecular flexibility index (Phi) is 3.68. The van der Waals surface area contributed by atoms with Crippen molar-refractivity contribution in [3.05, 3.63) is 12.7 Å². The SMILES string of the molecule is C[C@H](OC(=O)[C@@]1(C)CC1(Cl)Cl)C(=O)Nc1ncnc2nc[nH]c12. The molecule has 2 heterocycles. The fraction of sp³-hybridized carbons (Fsp3) is 0.462. The lowest BCUT2D eigenvalue weighted by molar-refractivity contribution is -0.158. The number of aromatic amines is 1. The maximum absolute atomic E-state index is 12.2. The van der Waals surface area contributed by atoms with Gasteiger partial charge in [0.1, 0.15) is 21.6 Å². The van der Waals surface area contributed by atoms with Gasteiger partial charge in [-0.2, -0.15) is 0 Å². The number of nitrogens with zero attached hydrogens (tertiary/aromatic N) is 3. The van der Waals surface area contributed by atoms with E-state index in [1.165, 1.54) is 19.6 Å². The van der Waals surface area contributed by atoms with Crippen molar-refractivity contribution in [3.8, 4) is 0 Å². The van der Waals surface area contributed by atoms with Gasteiger partial charge in [-0.15, -0.1) is 23.2 Å². The molecule has 2 N–H and O–H groups in total. The lowest BCUT2D eigenvalue weighted by atomic mass is 10.1. The lowest BCUT2D eigenvalue weighted by Gasteiger charge is -2.17. The van der Waals surface area contributed by atoms with E-state index in [9.17, 15) is 9.59 Å². The Balaban J connectivity index is 1.67. The summed E-state index contributed by atoms with van der Waals surface area (Å²) in [6.07, 6.45) is 1.97. The molecule has 3 rings (SSSR count). The van der Waals surface area contributed by atoms with Crippen LogP contribution in [0.25, 0.3) is 11.2 Å². The van der Waals surface area contributed by atoms with Gasteiger partial charge in [0.2, 0.25) is 0 Å². The quantitative estimate of drug-likeness (QED) is 0.637. The average Bonchev–Trinajstić information content (AvgIpc) is 2.86. The number of halogens is 2. The molecule has 0 unspecified atom stereocenters. The van der Waals surface area contributed by atoms with E-state index in [1.54, 1.807) is 6.92 Å². The summed E-state index contributed by atoms with van der Waals surface area (Å²) < 4.78 is 4.01. The highest BCUT2D eigenvalue weighted by Gasteiger charge is 2.69. The number of carbonyl (C=O) groups excluding carboxylic acids is 2. The molecule has 2 aromatic rings. The van der Waals surface area contributed by atoms with Gasteiger partial charge in [-0.25, -0.2) is 15.0 Å². The zero-order valence-electron chi connectivity index (χ0n) is 12.3. The summed E-state index contributed by atoms with van der Waals surface area (Å²) in [5, 5.41) is 2.56. The summed E-state index contributed by atoms with van der Waals surface area (Å²) in [5.41, 5.74) is -0.0930. The van der Waals surface area contributed by atoms with Gasteiger partial charge in [0, 0.05) is 6.42 Å². The van der Waals surface area contributed by atoms with E-state index in [4.69, 9.17) is 27.9 Å². The molecule has 10 heteroatoms. The highest BCUT2D eigenvalue weighted by Crippen LogP contribution is 2.64. The predicted molar refractivity (Wildman–Crippen MR) is 83.0 cm³/mol. The van der Waals surface area contributed by atoms with Crippen molar-refractivity contribution in [2.24, 2.45) is 5.41 Å². The van der Waals surface area contributed by atoms with Crippen LogP contribution in [0.15, 0.2) is 12.7 Å². The maximum Gasteiger partial charge on any atom is 0.315 e. The summed E-state index contributed by atoms with van der Waals surface area (Å²) in [6.45, 7) is 3.05. The van der Waals surface area contributed by atoms with Crippen LogP contribution in [-0.4, -0.2) is 42.2 Å². The lowest BCUT2D eigenvalue weighted by Crippen LogP contribution is -2.33. The van der Waals surface area contributed by atoms with Gasteiger partial charge in [-0.05, 0) is 13.8 Å². The van der Waals surface area contributed by atoms with Crippen LogP contribution in [0, 0.1) is 5.41 Å². The Hall–Kier alpha value is -1.93. The predicted octanol–water partition coefficient (Wildman–Crippen LogP) is 1.81. The molecule has 1 saturated carbocycles. The minimum absolute atomic E-state index is 0.252. The zero-order chi connectivity index (χ0) is 16.8. The van der Waals surface area contributed by atoms with Gasteiger partial charge in [-0.3, -0.25) is 9.59 Å². The number of H-pyrrole nitrogens is 1. The second-order valence-corrected chi connectivity index (χ2v) is 7.06. The first-order chi connectivity index (χ1) is 10.7. The van der Waals surface area contributed by atoms with Crippen molar-refractivity contribution in [1.29, 1.82) is 0 Å². The number of rotatable bonds is 4. The minimum Gasteiger partial charge on any atom is -0.452 e. The summed E-state index contributed by atoms with van der Waals surface area (Å²) in [4.78, 5) is 38.9. The second-order valence-electron chi connectivity index (χ2n) is 5.57. The van der Waals surface area contributed by atoms with Crippen LogP contribution in [-0.2, 0) is 14.3 Å². The van der Waals surface area contributed by atoms with Gasteiger partial charge in [-0.1, -0.05) is 0 Å². The highest BCUT2D eigenvalue weighted by molar-refractivity contribution is 6.53. The van der Waals surface area contributed by atoms with Crippen LogP contribution in [0.4, 0.5) is 5.82 Å². The standard InChI is InChI=1S/C13H13Cl2N5O3/c1-6(23-11(22)12(2)3-13(12,14)15)10(21)20-9-7-8(17-4-16-7)18-5-19-9/h4-6H,3H2,1-2H3,(H2,16,17,18,19,20,21)/t6-,12+/m0/s1. The molecule has 0 aliphatic heterocycles. The van der Waals surface area contributed by atoms with Crippen LogP contribution >= 0.6 is 23.2 Å². The van der Waals surface area contributed by atoms with E-state index in [2.05, 4.69) is 25.3 Å².